The number of benzene rings is 2. The monoisotopic (exact) mass is 543 g/mol. The van der Waals surface area contributed by atoms with Gasteiger partial charge >= 0.3 is 0 Å². The minimum Gasteiger partial charge on any atom is -0.598 e. The van der Waals surface area contributed by atoms with Crippen molar-refractivity contribution in [3.63, 3.8) is 0 Å². The quantitative estimate of drug-likeness (QED) is 0.254. The van der Waals surface area contributed by atoms with Crippen molar-refractivity contribution in [2.75, 3.05) is 13.7 Å². The van der Waals surface area contributed by atoms with Crippen LogP contribution in [0.5, 0.6) is 11.5 Å². The Bertz CT molecular complexity index is 977. The first-order valence-corrected chi connectivity index (χ1v) is 16.1. The van der Waals surface area contributed by atoms with E-state index in [4.69, 9.17) is 25.5 Å². The van der Waals surface area contributed by atoms with Crippen LogP contribution in [0.4, 0.5) is 4.39 Å². The van der Waals surface area contributed by atoms with Gasteiger partial charge in [-0.15, -0.1) is 4.72 Å². The summed E-state index contributed by atoms with van der Waals surface area (Å²) in [6.45, 7) is 16.8. The van der Waals surface area contributed by atoms with Crippen molar-refractivity contribution < 1.29 is 22.8 Å². The zero-order valence-corrected chi connectivity index (χ0v) is 24.8. The van der Waals surface area contributed by atoms with Crippen LogP contribution in [-0.2, 0) is 22.4 Å². The van der Waals surface area contributed by atoms with E-state index in [0.29, 0.717) is 16.9 Å². The Morgan fingerprint density at radius 1 is 1.06 bits per heavy atom. The zero-order chi connectivity index (χ0) is 26.6. The van der Waals surface area contributed by atoms with Gasteiger partial charge in [-0.3, -0.25) is 0 Å². The molecule has 9 heteroatoms. The lowest BCUT2D eigenvalue weighted by molar-refractivity contribution is 0.252. The molecule has 2 aromatic carbocycles. The maximum Gasteiger partial charge on any atom is 0.192 e. The number of ether oxygens (including phenoxy) is 2. The van der Waals surface area contributed by atoms with Crippen LogP contribution in [0.15, 0.2) is 36.4 Å². The summed E-state index contributed by atoms with van der Waals surface area (Å²) >= 11 is 5.09. The molecule has 5 nitrogen and oxygen atoms in total. The summed E-state index contributed by atoms with van der Waals surface area (Å²) in [6, 6.07) is 9.32. The van der Waals surface area contributed by atoms with E-state index < -0.39 is 36.3 Å². The first-order valence-electron chi connectivity index (χ1n) is 11.6. The van der Waals surface area contributed by atoms with Crippen molar-refractivity contribution in [3.8, 4) is 11.5 Å². The van der Waals surface area contributed by atoms with Crippen LogP contribution in [-0.4, -0.2) is 31.3 Å². The second-order valence-corrected chi connectivity index (χ2v) is 18.3. The highest BCUT2D eigenvalue weighted by atomic mass is 35.5. The molecular weight excluding hydrogens is 505 g/mol. The molecule has 0 aliphatic carbocycles. The smallest absolute Gasteiger partial charge is 0.192 e. The summed E-state index contributed by atoms with van der Waals surface area (Å²) in [5, 5.41) is 0.231. The Balaban J connectivity index is 2.42. The van der Waals surface area contributed by atoms with Crippen molar-refractivity contribution >= 4 is 31.3 Å². The molecule has 0 heterocycles. The van der Waals surface area contributed by atoms with Gasteiger partial charge in [0.2, 0.25) is 0 Å². The lowest BCUT2D eigenvalue weighted by Crippen LogP contribution is -2.46. The number of halogens is 2. The van der Waals surface area contributed by atoms with Gasteiger partial charge in [0.05, 0.1) is 18.7 Å². The molecule has 0 saturated carbocycles. The molecule has 2 atom stereocenters. The maximum absolute atomic E-state index is 14.6. The predicted molar refractivity (Wildman–Crippen MR) is 146 cm³/mol. The van der Waals surface area contributed by atoms with Crippen molar-refractivity contribution in [1.29, 1.82) is 0 Å². The van der Waals surface area contributed by atoms with Crippen molar-refractivity contribution in [1.82, 2.24) is 4.72 Å². The summed E-state index contributed by atoms with van der Waals surface area (Å²) in [5.41, 5.74) is 1.19. The van der Waals surface area contributed by atoms with E-state index >= 15 is 0 Å². The van der Waals surface area contributed by atoms with Crippen LogP contribution in [0.1, 0.15) is 58.7 Å². The normalized spacial score (nSPS) is 14.5. The highest BCUT2D eigenvalue weighted by molar-refractivity contribution is 7.90. The van der Waals surface area contributed by atoms with Gasteiger partial charge < -0.3 is 18.5 Å². The first kappa shape index (κ1) is 29.9. The Kier molecular flexibility index (Phi) is 10.1. The Labute approximate surface area is 219 Å². The minimum absolute atomic E-state index is 0.0133. The van der Waals surface area contributed by atoms with Gasteiger partial charge in [-0.1, -0.05) is 32.4 Å². The van der Waals surface area contributed by atoms with E-state index in [1.807, 2.05) is 20.8 Å². The van der Waals surface area contributed by atoms with Crippen LogP contribution < -0.4 is 14.2 Å². The van der Waals surface area contributed by atoms with Crippen LogP contribution in [0.25, 0.3) is 0 Å². The Morgan fingerprint density at radius 2 is 1.63 bits per heavy atom. The van der Waals surface area contributed by atoms with E-state index in [1.54, 1.807) is 31.4 Å². The average molecular weight is 544 g/mol. The molecule has 1 N–H and O–H groups in total. The third-order valence-corrected chi connectivity index (χ3v) is 12.7. The highest BCUT2D eigenvalue weighted by Crippen LogP contribution is 2.38. The second kappa shape index (κ2) is 11.8. The summed E-state index contributed by atoms with van der Waals surface area (Å²) in [7, 11) is -0.533. The van der Waals surface area contributed by atoms with Crippen LogP contribution in [0, 0.1) is 5.82 Å². The average Bonchev–Trinajstić information content (AvgIpc) is 2.74. The van der Waals surface area contributed by atoms with Crippen molar-refractivity contribution in [3.05, 3.63) is 58.4 Å². The van der Waals surface area contributed by atoms with E-state index in [-0.39, 0.29) is 23.3 Å². The maximum atomic E-state index is 14.6. The number of nitrogens with one attached hydrogen (secondary N) is 1. The molecule has 0 spiro atoms. The molecule has 35 heavy (non-hydrogen) atoms. The van der Waals surface area contributed by atoms with Gasteiger partial charge in [0.25, 0.3) is 0 Å². The van der Waals surface area contributed by atoms with Gasteiger partial charge in [0, 0.05) is 16.9 Å². The molecule has 0 amide bonds. The van der Waals surface area contributed by atoms with Gasteiger partial charge in [0.1, 0.15) is 34.7 Å². The van der Waals surface area contributed by atoms with Gasteiger partial charge in [-0.25, -0.2) is 4.39 Å². The number of hydrogen-bond acceptors (Lipinski definition) is 5. The zero-order valence-electron chi connectivity index (χ0n) is 22.3. The van der Waals surface area contributed by atoms with Gasteiger partial charge in [-0.05, 0) is 80.9 Å². The molecular formula is C26H39ClFNO4SSi. The van der Waals surface area contributed by atoms with Gasteiger partial charge in [-0.2, -0.15) is 0 Å². The first-order chi connectivity index (χ1) is 16.0. The number of rotatable bonds is 10. The van der Waals surface area contributed by atoms with E-state index in [2.05, 4.69) is 38.6 Å². The largest absolute Gasteiger partial charge is 0.598 e. The molecule has 0 bridgehead atoms. The number of methoxy groups -OCH3 is 1. The summed E-state index contributed by atoms with van der Waals surface area (Å²) in [5.74, 6) is 0.867. The molecule has 0 aromatic heterocycles. The van der Waals surface area contributed by atoms with E-state index in [1.165, 1.54) is 12.1 Å². The fourth-order valence-corrected chi connectivity index (χ4v) is 5.01. The third-order valence-electron chi connectivity index (χ3n) is 6.24. The molecule has 2 rings (SSSR count). The molecule has 0 saturated heterocycles. The summed E-state index contributed by atoms with van der Waals surface area (Å²) < 4.78 is 47.9. The summed E-state index contributed by atoms with van der Waals surface area (Å²) in [6.07, 6.45) is 0. The molecule has 2 aromatic rings. The molecule has 0 aliphatic heterocycles. The molecule has 0 fully saturated rings. The van der Waals surface area contributed by atoms with Crippen LogP contribution >= 0.6 is 11.6 Å². The fourth-order valence-electron chi connectivity index (χ4n) is 2.92. The SMILES string of the molecule is COc1ccc(OCc2c(Cl)cc(F)cc2C(CO[Si](C)(C)C(C)(C)C)N[S@+]([O-])C(C)(C)C)cc1. The van der Waals surface area contributed by atoms with Crippen LogP contribution in [0.3, 0.4) is 0 Å². The molecule has 1 unspecified atom stereocenters. The predicted octanol–water partition coefficient (Wildman–Crippen LogP) is 7.18. The second-order valence-electron chi connectivity index (χ2n) is 11.0. The van der Waals surface area contributed by atoms with E-state index in [0.717, 1.165) is 5.75 Å². The summed E-state index contributed by atoms with van der Waals surface area (Å²) in [4.78, 5) is 0. The Hall–Kier alpha value is -1.29. The van der Waals surface area contributed by atoms with E-state index in [9.17, 15) is 8.94 Å². The topological polar surface area (TPSA) is 62.8 Å². The van der Waals surface area contributed by atoms with Crippen LogP contribution in [0.2, 0.25) is 23.2 Å². The highest BCUT2D eigenvalue weighted by Gasteiger charge is 2.39. The number of hydrogen-bond donors (Lipinski definition) is 1. The Morgan fingerprint density at radius 3 is 2.14 bits per heavy atom. The molecule has 0 radical (unpaired) electrons. The standard InChI is InChI=1S/C26H39ClFNO4SSi/c1-25(2,3)34(30)29-24(17-33-35(8,9)26(4,5)6)21-14-18(28)15-23(27)22(21)16-32-20-12-10-19(31-7)11-13-20/h10-15,24,29H,16-17H2,1-9H3/t24?,34-/m1/s1. The fraction of sp³-hybridized carbons (Fsp3) is 0.538. The molecule has 0 aliphatic rings. The third kappa shape index (κ3) is 8.37. The lowest BCUT2D eigenvalue weighted by Gasteiger charge is -2.38. The van der Waals surface area contributed by atoms with Gasteiger partial charge in [0.15, 0.2) is 8.32 Å². The minimum atomic E-state index is -2.13. The molecule has 196 valence electrons. The lowest BCUT2D eigenvalue weighted by atomic mass is 10.0. The van der Waals surface area contributed by atoms with Crippen molar-refractivity contribution in [2.24, 2.45) is 0 Å². The van der Waals surface area contributed by atoms with Crippen molar-refractivity contribution in [2.45, 2.75) is 77.1 Å².